The molecule has 0 radical (unpaired) electrons. The highest BCUT2D eigenvalue weighted by atomic mass is 16.5. The first-order valence-electron chi connectivity index (χ1n) is 7.66. The van der Waals surface area contributed by atoms with E-state index in [0.29, 0.717) is 18.8 Å². The van der Waals surface area contributed by atoms with Crippen molar-refractivity contribution in [3.63, 3.8) is 0 Å². The number of terminal acetylenes is 1. The Labute approximate surface area is 139 Å². The normalized spacial score (nSPS) is 12.3. The van der Waals surface area contributed by atoms with E-state index in [1.54, 1.807) is 14.2 Å². The molecule has 0 saturated heterocycles. The third kappa shape index (κ3) is 6.11. The van der Waals surface area contributed by atoms with Gasteiger partial charge >= 0.3 is 0 Å². The molecule has 1 aromatic rings. The van der Waals surface area contributed by atoms with Crippen LogP contribution in [0.25, 0.3) is 0 Å². The van der Waals surface area contributed by atoms with Crippen LogP contribution in [0.2, 0.25) is 0 Å². The number of ether oxygens (including phenoxy) is 3. The van der Waals surface area contributed by atoms with Gasteiger partial charge in [0.25, 0.3) is 0 Å². The number of hydrogen-bond acceptors (Lipinski definition) is 5. The topological polar surface area (TPSA) is 51.2 Å². The second-order valence-electron chi connectivity index (χ2n) is 5.55. The summed E-state index contributed by atoms with van der Waals surface area (Å²) in [6.45, 7) is 5.74. The Hall–Kier alpha value is -1.74. The van der Waals surface area contributed by atoms with Gasteiger partial charge in [-0.05, 0) is 19.9 Å². The van der Waals surface area contributed by atoms with Crippen LogP contribution in [0.3, 0.4) is 0 Å². The predicted octanol–water partition coefficient (Wildman–Crippen LogP) is 1.92. The summed E-state index contributed by atoms with van der Waals surface area (Å²) in [5.41, 5.74) is 1.01. The number of rotatable bonds is 10. The van der Waals surface area contributed by atoms with Crippen molar-refractivity contribution in [2.45, 2.75) is 32.5 Å². The molecular weight excluding hydrogens is 294 g/mol. The van der Waals surface area contributed by atoms with Gasteiger partial charge in [-0.3, -0.25) is 4.90 Å². The molecule has 1 N–H and O–H groups in total. The largest absolute Gasteiger partial charge is 0.493 e. The lowest BCUT2D eigenvalue weighted by molar-refractivity contribution is 0.0190. The van der Waals surface area contributed by atoms with Crippen molar-refractivity contribution in [1.29, 1.82) is 0 Å². The SMILES string of the molecule is C#CCOC[C@H](O)CN(Cc1cccc(OC)c1OC)C(C)C. The van der Waals surface area contributed by atoms with Crippen molar-refractivity contribution in [2.75, 3.05) is 34.0 Å². The van der Waals surface area contributed by atoms with Crippen LogP contribution in [-0.2, 0) is 11.3 Å². The van der Waals surface area contributed by atoms with Crippen LogP contribution in [0, 0.1) is 12.3 Å². The number of benzene rings is 1. The van der Waals surface area contributed by atoms with E-state index in [2.05, 4.69) is 24.7 Å². The van der Waals surface area contributed by atoms with Crippen molar-refractivity contribution in [3.05, 3.63) is 23.8 Å². The Morgan fingerprint density at radius 1 is 1.26 bits per heavy atom. The highest BCUT2D eigenvalue weighted by Crippen LogP contribution is 2.31. The van der Waals surface area contributed by atoms with E-state index in [-0.39, 0.29) is 19.3 Å². The molecule has 0 aliphatic heterocycles. The summed E-state index contributed by atoms with van der Waals surface area (Å²) in [6, 6.07) is 6.05. The molecule has 128 valence electrons. The minimum atomic E-state index is -0.595. The third-order valence-electron chi connectivity index (χ3n) is 3.53. The minimum absolute atomic E-state index is 0.211. The first-order chi connectivity index (χ1) is 11.0. The molecule has 0 unspecified atom stereocenters. The van der Waals surface area contributed by atoms with Gasteiger partial charge < -0.3 is 19.3 Å². The molecule has 0 bridgehead atoms. The maximum atomic E-state index is 10.1. The van der Waals surface area contributed by atoms with E-state index < -0.39 is 6.10 Å². The van der Waals surface area contributed by atoms with Gasteiger partial charge in [0.1, 0.15) is 6.61 Å². The van der Waals surface area contributed by atoms with Crippen LogP contribution < -0.4 is 9.47 Å². The average Bonchev–Trinajstić information content (AvgIpc) is 2.54. The van der Waals surface area contributed by atoms with Crippen LogP contribution in [-0.4, -0.2) is 56.1 Å². The molecule has 0 fully saturated rings. The van der Waals surface area contributed by atoms with Gasteiger partial charge in [0.05, 0.1) is 26.9 Å². The zero-order valence-electron chi connectivity index (χ0n) is 14.4. The maximum absolute atomic E-state index is 10.1. The van der Waals surface area contributed by atoms with Gasteiger partial charge in [0.2, 0.25) is 0 Å². The molecule has 5 nitrogen and oxygen atoms in total. The molecule has 0 aromatic heterocycles. The van der Waals surface area contributed by atoms with E-state index in [1.807, 2.05) is 18.2 Å². The molecule has 1 aromatic carbocycles. The Kier molecular flexibility index (Phi) is 8.49. The Balaban J connectivity index is 2.79. The number of hydrogen-bond donors (Lipinski definition) is 1. The molecule has 0 aliphatic carbocycles. The van der Waals surface area contributed by atoms with Gasteiger partial charge in [-0.1, -0.05) is 18.1 Å². The molecule has 5 heteroatoms. The number of para-hydroxylation sites is 1. The van der Waals surface area contributed by atoms with Crippen LogP contribution >= 0.6 is 0 Å². The molecular formula is C18H27NO4. The summed E-state index contributed by atoms with van der Waals surface area (Å²) in [6.07, 6.45) is 4.54. The fourth-order valence-electron chi connectivity index (χ4n) is 2.33. The molecule has 0 amide bonds. The van der Waals surface area contributed by atoms with E-state index in [1.165, 1.54) is 0 Å². The molecule has 0 saturated carbocycles. The fraction of sp³-hybridized carbons (Fsp3) is 0.556. The average molecular weight is 321 g/mol. The standard InChI is InChI=1S/C18H27NO4/c1-6-10-23-13-16(20)12-19(14(2)3)11-15-8-7-9-17(21-4)18(15)22-5/h1,7-9,14,16,20H,10-13H2,2-5H3/t16-/m1/s1. The van der Waals surface area contributed by atoms with E-state index >= 15 is 0 Å². The van der Waals surface area contributed by atoms with Crippen LogP contribution in [0.15, 0.2) is 18.2 Å². The fourth-order valence-corrected chi connectivity index (χ4v) is 2.33. The van der Waals surface area contributed by atoms with Crippen LogP contribution in [0.5, 0.6) is 11.5 Å². The van der Waals surface area contributed by atoms with E-state index in [4.69, 9.17) is 20.6 Å². The molecule has 0 heterocycles. The highest BCUT2D eigenvalue weighted by Gasteiger charge is 2.18. The van der Waals surface area contributed by atoms with Gasteiger partial charge in [-0.2, -0.15) is 0 Å². The molecule has 1 atom stereocenters. The third-order valence-corrected chi connectivity index (χ3v) is 3.53. The molecule has 0 spiro atoms. The maximum Gasteiger partial charge on any atom is 0.165 e. The van der Waals surface area contributed by atoms with Crippen LogP contribution in [0.1, 0.15) is 19.4 Å². The second kappa shape index (κ2) is 10.1. The Morgan fingerprint density at radius 3 is 2.57 bits per heavy atom. The van der Waals surface area contributed by atoms with Crippen LogP contribution in [0.4, 0.5) is 0 Å². The lowest BCUT2D eigenvalue weighted by Gasteiger charge is -2.29. The summed E-state index contributed by atoms with van der Waals surface area (Å²) in [5, 5.41) is 10.1. The smallest absolute Gasteiger partial charge is 0.165 e. The number of nitrogens with zero attached hydrogens (tertiary/aromatic N) is 1. The highest BCUT2D eigenvalue weighted by molar-refractivity contribution is 5.46. The quantitative estimate of drug-likeness (QED) is 0.527. The lowest BCUT2D eigenvalue weighted by atomic mass is 10.1. The monoisotopic (exact) mass is 321 g/mol. The van der Waals surface area contributed by atoms with Crippen molar-refractivity contribution in [1.82, 2.24) is 4.90 Å². The number of aliphatic hydroxyl groups excluding tert-OH is 1. The zero-order chi connectivity index (χ0) is 17.2. The van der Waals surface area contributed by atoms with E-state index in [0.717, 1.165) is 11.3 Å². The minimum Gasteiger partial charge on any atom is -0.493 e. The van der Waals surface area contributed by atoms with Gasteiger partial charge in [0, 0.05) is 24.7 Å². The predicted molar refractivity (Wildman–Crippen MR) is 90.8 cm³/mol. The number of aliphatic hydroxyl groups is 1. The van der Waals surface area contributed by atoms with Crippen molar-refractivity contribution in [2.24, 2.45) is 0 Å². The van der Waals surface area contributed by atoms with E-state index in [9.17, 15) is 5.11 Å². The second-order valence-corrected chi connectivity index (χ2v) is 5.55. The first kappa shape index (κ1) is 19.3. The van der Waals surface area contributed by atoms with Crippen molar-refractivity contribution < 1.29 is 19.3 Å². The first-order valence-corrected chi connectivity index (χ1v) is 7.66. The van der Waals surface area contributed by atoms with Gasteiger partial charge in [-0.25, -0.2) is 0 Å². The summed E-state index contributed by atoms with van der Waals surface area (Å²) >= 11 is 0. The number of methoxy groups -OCH3 is 2. The Bertz CT molecular complexity index is 510. The zero-order valence-corrected chi connectivity index (χ0v) is 14.4. The van der Waals surface area contributed by atoms with Gasteiger partial charge in [-0.15, -0.1) is 6.42 Å². The Morgan fingerprint density at radius 2 is 2.00 bits per heavy atom. The molecule has 23 heavy (non-hydrogen) atoms. The van der Waals surface area contributed by atoms with Gasteiger partial charge in [0.15, 0.2) is 11.5 Å². The summed E-state index contributed by atoms with van der Waals surface area (Å²) in [4.78, 5) is 2.15. The molecule has 0 aliphatic rings. The summed E-state index contributed by atoms with van der Waals surface area (Å²) < 4.78 is 16.0. The summed E-state index contributed by atoms with van der Waals surface area (Å²) in [7, 11) is 3.25. The molecule has 1 rings (SSSR count). The summed E-state index contributed by atoms with van der Waals surface area (Å²) in [5.74, 6) is 3.81. The lowest BCUT2D eigenvalue weighted by Crippen LogP contribution is -2.39. The van der Waals surface area contributed by atoms with Crippen molar-refractivity contribution >= 4 is 0 Å². The van der Waals surface area contributed by atoms with Crippen molar-refractivity contribution in [3.8, 4) is 23.8 Å².